The van der Waals surface area contributed by atoms with Gasteiger partial charge in [-0.3, -0.25) is 9.88 Å². The minimum absolute atomic E-state index is 0.636. The molecule has 1 saturated carbocycles. The van der Waals surface area contributed by atoms with Gasteiger partial charge in [0, 0.05) is 31.0 Å². The van der Waals surface area contributed by atoms with E-state index in [1.165, 1.54) is 24.8 Å². The van der Waals surface area contributed by atoms with Crippen molar-refractivity contribution in [1.29, 1.82) is 0 Å². The molecule has 1 fully saturated rings. The molecule has 21 heavy (non-hydrogen) atoms. The van der Waals surface area contributed by atoms with Gasteiger partial charge in [0.1, 0.15) is 0 Å². The Bertz CT molecular complexity index is 404. The molecule has 1 N–H and O–H groups in total. The van der Waals surface area contributed by atoms with Crippen molar-refractivity contribution in [1.82, 2.24) is 15.2 Å². The molecule has 1 aromatic rings. The van der Waals surface area contributed by atoms with Gasteiger partial charge in [0.25, 0.3) is 0 Å². The molecule has 1 aromatic heterocycles. The maximum atomic E-state index is 4.11. The lowest BCUT2D eigenvalue weighted by atomic mass is 9.76. The molecule has 1 aliphatic carbocycles. The third-order valence-corrected chi connectivity index (χ3v) is 5.01. The van der Waals surface area contributed by atoms with Gasteiger partial charge in [-0.25, -0.2) is 0 Å². The zero-order valence-corrected chi connectivity index (χ0v) is 14.0. The molecule has 3 atom stereocenters. The minimum atomic E-state index is 0.636. The normalized spacial score (nSPS) is 26.5. The highest BCUT2D eigenvalue weighted by Crippen LogP contribution is 2.32. The van der Waals surface area contributed by atoms with Gasteiger partial charge in [0.05, 0.1) is 0 Å². The summed E-state index contributed by atoms with van der Waals surface area (Å²) in [5.41, 5.74) is 1.36. The molecule has 0 amide bonds. The van der Waals surface area contributed by atoms with Crippen LogP contribution in [0.3, 0.4) is 0 Å². The van der Waals surface area contributed by atoms with E-state index in [0.717, 1.165) is 24.9 Å². The number of nitrogens with one attached hydrogen (secondary N) is 1. The Morgan fingerprint density at radius 2 is 2.00 bits per heavy atom. The van der Waals surface area contributed by atoms with Crippen molar-refractivity contribution in [3.8, 4) is 0 Å². The van der Waals surface area contributed by atoms with Crippen LogP contribution in [0.5, 0.6) is 0 Å². The fraction of sp³-hybridized carbons (Fsp3) is 0.722. The largest absolute Gasteiger partial charge is 0.313 e. The molecule has 0 bridgehead atoms. The fourth-order valence-electron chi connectivity index (χ4n) is 3.66. The van der Waals surface area contributed by atoms with Crippen molar-refractivity contribution >= 4 is 0 Å². The summed E-state index contributed by atoms with van der Waals surface area (Å²) in [7, 11) is 2.28. The van der Waals surface area contributed by atoms with E-state index < -0.39 is 0 Å². The first-order valence-electron chi connectivity index (χ1n) is 8.44. The van der Waals surface area contributed by atoms with Crippen LogP contribution >= 0.6 is 0 Å². The Balaban J connectivity index is 2.03. The van der Waals surface area contributed by atoms with Gasteiger partial charge in [0.15, 0.2) is 0 Å². The molecule has 0 aliphatic heterocycles. The van der Waals surface area contributed by atoms with Crippen LogP contribution in [0.4, 0.5) is 0 Å². The van der Waals surface area contributed by atoms with Crippen LogP contribution in [0, 0.1) is 11.8 Å². The van der Waals surface area contributed by atoms with E-state index >= 15 is 0 Å². The summed E-state index contributed by atoms with van der Waals surface area (Å²) < 4.78 is 0. The number of rotatable bonds is 6. The molecule has 3 heteroatoms. The maximum absolute atomic E-state index is 4.11. The first kappa shape index (κ1) is 16.4. The molecule has 1 aliphatic rings. The molecular formula is C18H31N3. The second-order valence-corrected chi connectivity index (χ2v) is 6.82. The van der Waals surface area contributed by atoms with E-state index in [1.54, 1.807) is 0 Å². The molecule has 1 heterocycles. The van der Waals surface area contributed by atoms with Crippen molar-refractivity contribution in [3.63, 3.8) is 0 Å². The topological polar surface area (TPSA) is 28.2 Å². The number of hydrogen-bond donors (Lipinski definition) is 1. The predicted octanol–water partition coefficient (Wildman–Crippen LogP) is 3.32. The molecule has 0 spiro atoms. The summed E-state index contributed by atoms with van der Waals surface area (Å²) in [4.78, 5) is 6.65. The average Bonchev–Trinajstić information content (AvgIpc) is 2.48. The van der Waals surface area contributed by atoms with Crippen LogP contribution in [-0.4, -0.2) is 35.6 Å². The highest BCUT2D eigenvalue weighted by atomic mass is 15.2. The monoisotopic (exact) mass is 289 g/mol. The Kier molecular flexibility index (Phi) is 6.19. The minimum Gasteiger partial charge on any atom is -0.313 e. The van der Waals surface area contributed by atoms with Crippen molar-refractivity contribution in [2.45, 2.75) is 58.7 Å². The van der Waals surface area contributed by atoms with E-state index in [4.69, 9.17) is 0 Å². The van der Waals surface area contributed by atoms with Crippen molar-refractivity contribution < 1.29 is 0 Å². The summed E-state index contributed by atoms with van der Waals surface area (Å²) in [6.07, 6.45) is 7.78. The van der Waals surface area contributed by atoms with Gasteiger partial charge in [-0.15, -0.1) is 0 Å². The van der Waals surface area contributed by atoms with E-state index in [1.807, 2.05) is 12.4 Å². The second-order valence-electron chi connectivity index (χ2n) is 6.82. The quantitative estimate of drug-likeness (QED) is 0.871. The van der Waals surface area contributed by atoms with Crippen molar-refractivity contribution in [2.75, 3.05) is 13.6 Å². The lowest BCUT2D eigenvalue weighted by Gasteiger charge is -2.43. The molecule has 0 aromatic carbocycles. The summed E-state index contributed by atoms with van der Waals surface area (Å²) in [6.45, 7) is 9.04. The summed E-state index contributed by atoms with van der Waals surface area (Å²) in [6, 6.07) is 5.53. The first-order valence-corrected chi connectivity index (χ1v) is 8.44. The maximum Gasteiger partial charge on any atom is 0.0271 e. The molecule has 3 nitrogen and oxygen atoms in total. The molecule has 0 saturated heterocycles. The number of pyridine rings is 1. The Labute approximate surface area is 130 Å². The van der Waals surface area contributed by atoms with E-state index in [2.05, 4.69) is 55.2 Å². The van der Waals surface area contributed by atoms with Crippen LogP contribution in [0.2, 0.25) is 0 Å². The lowest BCUT2D eigenvalue weighted by Crippen LogP contribution is -2.52. The van der Waals surface area contributed by atoms with Crippen LogP contribution in [0.15, 0.2) is 24.5 Å². The van der Waals surface area contributed by atoms with Gasteiger partial charge < -0.3 is 5.32 Å². The standard InChI is InChI=1S/C18H31N3/c1-5-20-17-7-6-16(14(2)3)12-18(17)21(4)13-15-8-10-19-11-9-15/h8-11,14,16-18,20H,5-7,12-13H2,1-4H3. The average molecular weight is 289 g/mol. The van der Waals surface area contributed by atoms with E-state index in [-0.39, 0.29) is 0 Å². The van der Waals surface area contributed by atoms with Gasteiger partial charge in [0.2, 0.25) is 0 Å². The first-order chi connectivity index (χ1) is 10.1. The SMILES string of the molecule is CCNC1CCC(C(C)C)CC1N(C)Cc1ccncc1. The highest BCUT2D eigenvalue weighted by molar-refractivity contribution is 5.10. The molecule has 2 rings (SSSR count). The van der Waals surface area contributed by atoms with Crippen molar-refractivity contribution in [2.24, 2.45) is 11.8 Å². The zero-order valence-electron chi connectivity index (χ0n) is 14.0. The van der Waals surface area contributed by atoms with Crippen LogP contribution < -0.4 is 5.32 Å². The van der Waals surface area contributed by atoms with Crippen LogP contribution in [0.25, 0.3) is 0 Å². The van der Waals surface area contributed by atoms with Gasteiger partial charge in [-0.05, 0) is 62.4 Å². The lowest BCUT2D eigenvalue weighted by molar-refractivity contribution is 0.0982. The second kappa shape index (κ2) is 7.90. The Morgan fingerprint density at radius 3 is 2.62 bits per heavy atom. The number of aromatic nitrogens is 1. The summed E-state index contributed by atoms with van der Waals surface area (Å²) in [5.74, 6) is 1.66. The number of nitrogens with zero attached hydrogens (tertiary/aromatic N) is 2. The van der Waals surface area contributed by atoms with Crippen LogP contribution in [-0.2, 0) is 6.54 Å². The number of likely N-dealkylation sites (N-methyl/N-ethyl adjacent to an activating group) is 2. The highest BCUT2D eigenvalue weighted by Gasteiger charge is 2.33. The van der Waals surface area contributed by atoms with Gasteiger partial charge >= 0.3 is 0 Å². The number of hydrogen-bond acceptors (Lipinski definition) is 3. The van der Waals surface area contributed by atoms with Gasteiger partial charge in [-0.1, -0.05) is 20.8 Å². The molecule has 0 radical (unpaired) electrons. The fourth-order valence-corrected chi connectivity index (χ4v) is 3.66. The van der Waals surface area contributed by atoms with Crippen molar-refractivity contribution in [3.05, 3.63) is 30.1 Å². The molecule has 118 valence electrons. The molecule has 3 unspecified atom stereocenters. The van der Waals surface area contributed by atoms with Crippen LogP contribution in [0.1, 0.15) is 45.6 Å². The summed E-state index contributed by atoms with van der Waals surface area (Å²) in [5, 5.41) is 3.71. The smallest absolute Gasteiger partial charge is 0.0271 e. The zero-order chi connectivity index (χ0) is 15.2. The van der Waals surface area contributed by atoms with E-state index in [9.17, 15) is 0 Å². The van der Waals surface area contributed by atoms with E-state index in [0.29, 0.717) is 12.1 Å². The molecular weight excluding hydrogens is 258 g/mol. The summed E-state index contributed by atoms with van der Waals surface area (Å²) >= 11 is 0. The third-order valence-electron chi connectivity index (χ3n) is 5.01. The predicted molar refractivity (Wildman–Crippen MR) is 89.1 cm³/mol. The Hall–Kier alpha value is -0.930. The van der Waals surface area contributed by atoms with Gasteiger partial charge in [-0.2, -0.15) is 0 Å². The Morgan fingerprint density at radius 1 is 1.29 bits per heavy atom. The third kappa shape index (κ3) is 4.52.